The zero-order valence-electron chi connectivity index (χ0n) is 16.5. The van der Waals surface area contributed by atoms with Gasteiger partial charge in [-0.25, -0.2) is 4.98 Å². The molecule has 2 heterocycles. The van der Waals surface area contributed by atoms with Crippen LogP contribution in [0, 0.1) is 13.8 Å². The molecule has 3 rings (SSSR count). The number of aryl methyl sites for hydroxylation is 2. The molecule has 0 N–H and O–H groups in total. The molecule has 0 bridgehead atoms. The molecule has 0 spiro atoms. The monoisotopic (exact) mass is 405 g/mol. The van der Waals surface area contributed by atoms with Crippen LogP contribution in [0.25, 0.3) is 10.2 Å². The second-order valence-electron chi connectivity index (χ2n) is 6.78. The maximum atomic E-state index is 12.9. The molecular weight excluding hydrogens is 378 g/mol. The van der Waals surface area contributed by atoms with E-state index in [0.29, 0.717) is 24.0 Å². The average molecular weight is 406 g/mol. The van der Waals surface area contributed by atoms with Crippen molar-refractivity contribution in [1.29, 1.82) is 0 Å². The van der Waals surface area contributed by atoms with Crippen LogP contribution in [0.1, 0.15) is 50.0 Å². The lowest BCUT2D eigenvalue weighted by Crippen LogP contribution is -2.32. The second kappa shape index (κ2) is 8.61. The highest BCUT2D eigenvalue weighted by atomic mass is 32.2. The highest BCUT2D eigenvalue weighted by molar-refractivity contribution is 7.99. The van der Waals surface area contributed by atoms with Crippen LogP contribution in [0.5, 0.6) is 0 Å². The molecular formula is C20H27N3O2S2. The first kappa shape index (κ1) is 20.1. The van der Waals surface area contributed by atoms with E-state index in [-0.39, 0.29) is 11.5 Å². The Hall–Kier alpha value is -1.60. The van der Waals surface area contributed by atoms with Crippen molar-refractivity contribution in [2.24, 2.45) is 0 Å². The first-order valence-electron chi connectivity index (χ1n) is 9.60. The van der Waals surface area contributed by atoms with Crippen LogP contribution in [-0.2, 0) is 11.3 Å². The largest absolute Gasteiger partial charge is 0.316 e. The van der Waals surface area contributed by atoms with Crippen LogP contribution in [0.2, 0.25) is 0 Å². The van der Waals surface area contributed by atoms with Gasteiger partial charge in [-0.05, 0) is 58.9 Å². The Bertz CT molecular complexity index is 943. The van der Waals surface area contributed by atoms with Crippen molar-refractivity contribution in [1.82, 2.24) is 14.5 Å². The second-order valence-corrected chi connectivity index (χ2v) is 8.92. The molecule has 0 aromatic carbocycles. The number of aromatic nitrogens is 2. The Kier molecular flexibility index (Phi) is 6.42. The lowest BCUT2D eigenvalue weighted by atomic mass is 10.0. The number of rotatable bonds is 6. The number of carbonyl (C=O) groups excluding carboxylic acids is 1. The summed E-state index contributed by atoms with van der Waals surface area (Å²) in [5.74, 6) is 0.387. The van der Waals surface area contributed by atoms with E-state index in [9.17, 15) is 9.59 Å². The smallest absolute Gasteiger partial charge is 0.263 e. The Balaban J connectivity index is 1.85. The predicted octanol–water partition coefficient (Wildman–Crippen LogP) is 4.49. The Morgan fingerprint density at radius 2 is 2.11 bits per heavy atom. The van der Waals surface area contributed by atoms with Gasteiger partial charge < -0.3 is 4.90 Å². The number of carbonyl (C=O) groups is 1. The van der Waals surface area contributed by atoms with Crippen LogP contribution >= 0.6 is 23.1 Å². The van der Waals surface area contributed by atoms with Crippen molar-refractivity contribution >= 4 is 39.2 Å². The van der Waals surface area contributed by atoms with Gasteiger partial charge in [0.05, 0.1) is 11.1 Å². The summed E-state index contributed by atoms with van der Waals surface area (Å²) in [7, 11) is 0. The number of allylic oxidation sites excluding steroid dienone is 2. The van der Waals surface area contributed by atoms with Gasteiger partial charge in [0.1, 0.15) is 4.83 Å². The van der Waals surface area contributed by atoms with E-state index in [1.807, 2.05) is 32.6 Å². The normalized spacial score (nSPS) is 14.4. The molecule has 5 nitrogen and oxygen atoms in total. The molecule has 0 radical (unpaired) electrons. The maximum Gasteiger partial charge on any atom is 0.263 e. The Morgan fingerprint density at radius 1 is 1.33 bits per heavy atom. The quantitative estimate of drug-likeness (QED) is 0.525. The zero-order valence-corrected chi connectivity index (χ0v) is 18.1. The van der Waals surface area contributed by atoms with Crippen LogP contribution in [-0.4, -0.2) is 32.7 Å². The van der Waals surface area contributed by atoms with Crippen molar-refractivity contribution in [2.45, 2.75) is 65.1 Å². The van der Waals surface area contributed by atoms with Gasteiger partial charge in [-0.15, -0.1) is 11.3 Å². The summed E-state index contributed by atoms with van der Waals surface area (Å²) in [5.41, 5.74) is 2.17. The fourth-order valence-corrected chi connectivity index (χ4v) is 5.52. The summed E-state index contributed by atoms with van der Waals surface area (Å²) in [5, 5.41) is 1.36. The van der Waals surface area contributed by atoms with E-state index in [4.69, 9.17) is 4.98 Å². The van der Waals surface area contributed by atoms with Crippen molar-refractivity contribution in [3.63, 3.8) is 0 Å². The molecule has 1 aliphatic carbocycles. The third-order valence-electron chi connectivity index (χ3n) is 5.13. The van der Waals surface area contributed by atoms with Gasteiger partial charge in [-0.1, -0.05) is 17.8 Å². The summed E-state index contributed by atoms with van der Waals surface area (Å²) < 4.78 is 1.69. The molecule has 0 saturated carbocycles. The van der Waals surface area contributed by atoms with E-state index in [1.54, 1.807) is 15.9 Å². The van der Waals surface area contributed by atoms with Crippen molar-refractivity contribution < 1.29 is 4.79 Å². The topological polar surface area (TPSA) is 55.2 Å². The third kappa shape index (κ3) is 3.99. The molecule has 0 fully saturated rings. The minimum absolute atomic E-state index is 0.00151. The minimum atomic E-state index is 0.00151. The Labute approximate surface area is 168 Å². The standard InChI is InChI=1S/C20H27N3O2S2/c1-5-22(15-10-8-7-9-11-15)16(24)12-26-20-21-18-17(13(3)14(4)27-18)19(25)23(20)6-2/h10H,5-9,11-12H2,1-4H3. The first-order chi connectivity index (χ1) is 13.0. The molecule has 2 aromatic heterocycles. The number of thiophene rings is 1. The molecule has 2 aromatic rings. The Morgan fingerprint density at radius 3 is 2.74 bits per heavy atom. The molecule has 146 valence electrons. The van der Waals surface area contributed by atoms with Crippen molar-refractivity contribution in [2.75, 3.05) is 12.3 Å². The number of hydrogen-bond acceptors (Lipinski definition) is 5. The molecule has 7 heteroatoms. The average Bonchev–Trinajstić information content (AvgIpc) is 2.95. The van der Waals surface area contributed by atoms with E-state index in [0.717, 1.165) is 45.6 Å². The summed E-state index contributed by atoms with van der Waals surface area (Å²) in [6.07, 6.45) is 6.57. The van der Waals surface area contributed by atoms with Crippen LogP contribution in [0.15, 0.2) is 21.7 Å². The highest BCUT2D eigenvalue weighted by Gasteiger charge is 2.20. The lowest BCUT2D eigenvalue weighted by Gasteiger charge is -2.26. The van der Waals surface area contributed by atoms with Gasteiger partial charge in [0.15, 0.2) is 5.16 Å². The minimum Gasteiger partial charge on any atom is -0.316 e. The van der Waals surface area contributed by atoms with Crippen molar-refractivity contribution in [3.05, 3.63) is 32.6 Å². The number of amides is 1. The third-order valence-corrected chi connectivity index (χ3v) is 7.19. The lowest BCUT2D eigenvalue weighted by molar-refractivity contribution is -0.126. The van der Waals surface area contributed by atoms with Gasteiger partial charge in [0.2, 0.25) is 5.91 Å². The van der Waals surface area contributed by atoms with Gasteiger partial charge in [0.25, 0.3) is 5.56 Å². The summed E-state index contributed by atoms with van der Waals surface area (Å²) in [6, 6.07) is 0. The number of hydrogen-bond donors (Lipinski definition) is 0. The van der Waals surface area contributed by atoms with Gasteiger partial charge in [-0.3, -0.25) is 14.2 Å². The van der Waals surface area contributed by atoms with E-state index >= 15 is 0 Å². The predicted molar refractivity (Wildman–Crippen MR) is 114 cm³/mol. The van der Waals surface area contributed by atoms with Gasteiger partial charge in [0, 0.05) is 23.7 Å². The highest BCUT2D eigenvalue weighted by Crippen LogP contribution is 2.29. The number of thioether (sulfide) groups is 1. The molecule has 0 aliphatic heterocycles. The molecule has 27 heavy (non-hydrogen) atoms. The van der Waals surface area contributed by atoms with E-state index in [2.05, 4.69) is 6.08 Å². The SMILES string of the molecule is CCN(C(=O)CSc1nc2sc(C)c(C)c2c(=O)n1CC)C1=CCCCC1. The fourth-order valence-electron chi connectivity index (χ4n) is 3.51. The van der Waals surface area contributed by atoms with Gasteiger partial charge in [-0.2, -0.15) is 0 Å². The molecule has 0 atom stereocenters. The summed E-state index contributed by atoms with van der Waals surface area (Å²) >= 11 is 2.92. The number of fused-ring (bicyclic) bond motifs is 1. The maximum absolute atomic E-state index is 12.9. The molecule has 0 unspecified atom stereocenters. The molecule has 0 saturated heterocycles. The van der Waals surface area contributed by atoms with Gasteiger partial charge >= 0.3 is 0 Å². The molecule has 1 aliphatic rings. The number of nitrogens with zero attached hydrogens (tertiary/aromatic N) is 3. The van der Waals surface area contributed by atoms with E-state index in [1.165, 1.54) is 18.2 Å². The first-order valence-corrected chi connectivity index (χ1v) is 11.4. The van der Waals surface area contributed by atoms with Crippen LogP contribution in [0.4, 0.5) is 0 Å². The van der Waals surface area contributed by atoms with E-state index < -0.39 is 0 Å². The summed E-state index contributed by atoms with van der Waals surface area (Å²) in [4.78, 5) is 34.2. The fraction of sp³-hybridized carbons (Fsp3) is 0.550. The zero-order chi connectivity index (χ0) is 19.6. The molecule has 1 amide bonds. The van der Waals surface area contributed by atoms with Crippen molar-refractivity contribution in [3.8, 4) is 0 Å². The van der Waals surface area contributed by atoms with Crippen LogP contribution < -0.4 is 5.56 Å². The summed E-state index contributed by atoms with van der Waals surface area (Å²) in [6.45, 7) is 9.19. The van der Waals surface area contributed by atoms with Crippen LogP contribution in [0.3, 0.4) is 0 Å².